The maximum absolute atomic E-state index is 15.4. The van der Waals surface area contributed by atoms with Crippen molar-refractivity contribution in [3.8, 4) is 0 Å². The lowest BCUT2D eigenvalue weighted by Crippen LogP contribution is -2.60. The Morgan fingerprint density at radius 2 is 1.83 bits per heavy atom. The molecule has 4 rings (SSSR count). The maximum Gasteiger partial charge on any atom is 0.305 e. The summed E-state index contributed by atoms with van der Waals surface area (Å²) in [4.78, 5) is 23.6. The summed E-state index contributed by atoms with van der Waals surface area (Å²) < 4.78 is 35.6. The Bertz CT molecular complexity index is 707. The molecule has 4 fully saturated rings. The van der Waals surface area contributed by atoms with Gasteiger partial charge in [-0.15, -0.1) is 0 Å². The van der Waals surface area contributed by atoms with Crippen molar-refractivity contribution in [2.24, 2.45) is 46.3 Å². The SMILES string of the molecule is COC(=O)CCC(C)C1CCC2C3CC(F)(F)C4CC(=O)CCC4(C)C3CCC12C. The first-order chi connectivity index (χ1) is 14.0. The lowest BCUT2D eigenvalue weighted by molar-refractivity contribution is -0.223. The molecule has 0 heterocycles. The highest BCUT2D eigenvalue weighted by molar-refractivity contribution is 5.80. The zero-order chi connectivity index (χ0) is 21.9. The Morgan fingerprint density at radius 3 is 2.53 bits per heavy atom. The third-order valence-electron chi connectivity index (χ3n) is 10.3. The fraction of sp³-hybridized carbons (Fsp3) is 0.920. The standard InChI is InChI=1S/C25H38F2O3/c1-15(5-8-22(29)30-4)18-6-7-19-17-14-25(26,27)21-13-16(28)9-11-24(21,3)20(17)10-12-23(18,19)2/h15,17-21H,5-14H2,1-4H3. The third kappa shape index (κ3) is 3.33. The number of Topliss-reactive ketones (excluding diaryl/α,β-unsaturated/α-hetero) is 1. The van der Waals surface area contributed by atoms with Crippen LogP contribution in [0.1, 0.15) is 85.0 Å². The van der Waals surface area contributed by atoms with E-state index in [9.17, 15) is 9.59 Å². The topological polar surface area (TPSA) is 43.4 Å². The number of carbonyl (C=O) groups excluding carboxylic acids is 2. The summed E-state index contributed by atoms with van der Waals surface area (Å²) in [6.07, 6.45) is 6.60. The molecule has 0 N–H and O–H groups in total. The van der Waals surface area contributed by atoms with E-state index in [0.29, 0.717) is 42.9 Å². The van der Waals surface area contributed by atoms with E-state index in [-0.39, 0.29) is 35.9 Å². The van der Waals surface area contributed by atoms with Crippen molar-refractivity contribution in [3.63, 3.8) is 0 Å². The minimum absolute atomic E-state index is 0.0246. The van der Waals surface area contributed by atoms with Crippen LogP contribution in [0, 0.1) is 46.3 Å². The van der Waals surface area contributed by atoms with Crippen molar-refractivity contribution in [1.29, 1.82) is 0 Å². The van der Waals surface area contributed by atoms with Gasteiger partial charge in [0.1, 0.15) is 5.78 Å². The molecule has 0 aromatic carbocycles. The molecule has 0 aromatic heterocycles. The van der Waals surface area contributed by atoms with Crippen molar-refractivity contribution in [1.82, 2.24) is 0 Å². The smallest absolute Gasteiger partial charge is 0.305 e. The minimum Gasteiger partial charge on any atom is -0.469 e. The average Bonchev–Trinajstić information content (AvgIpc) is 3.04. The molecule has 4 saturated carbocycles. The van der Waals surface area contributed by atoms with Gasteiger partial charge in [-0.2, -0.15) is 0 Å². The number of halogens is 2. The zero-order valence-corrected chi connectivity index (χ0v) is 19.0. The largest absolute Gasteiger partial charge is 0.469 e. The van der Waals surface area contributed by atoms with E-state index < -0.39 is 17.3 Å². The number of alkyl halides is 2. The first-order valence-electron chi connectivity index (χ1n) is 12.0. The zero-order valence-electron chi connectivity index (χ0n) is 19.0. The Labute approximate surface area is 179 Å². The number of methoxy groups -OCH3 is 1. The molecular weight excluding hydrogens is 386 g/mol. The van der Waals surface area contributed by atoms with Gasteiger partial charge in [-0.25, -0.2) is 8.78 Å². The second kappa shape index (κ2) is 7.55. The van der Waals surface area contributed by atoms with Gasteiger partial charge in [0, 0.05) is 31.6 Å². The van der Waals surface area contributed by atoms with Crippen molar-refractivity contribution < 1.29 is 23.1 Å². The summed E-state index contributed by atoms with van der Waals surface area (Å²) >= 11 is 0. The lowest BCUT2D eigenvalue weighted by Gasteiger charge is -2.62. The molecule has 170 valence electrons. The molecule has 8 atom stereocenters. The number of ether oxygens (including phenoxy) is 1. The van der Waals surface area contributed by atoms with E-state index in [0.717, 1.165) is 32.1 Å². The molecule has 0 aliphatic heterocycles. The Morgan fingerprint density at radius 1 is 1.13 bits per heavy atom. The molecule has 4 aliphatic rings. The maximum atomic E-state index is 15.4. The van der Waals surface area contributed by atoms with Gasteiger partial charge >= 0.3 is 5.97 Å². The molecule has 4 aliphatic carbocycles. The summed E-state index contributed by atoms with van der Waals surface area (Å²) in [5.74, 6) is -2.05. The van der Waals surface area contributed by atoms with E-state index >= 15 is 8.78 Å². The molecule has 5 heteroatoms. The van der Waals surface area contributed by atoms with Crippen LogP contribution in [-0.2, 0) is 14.3 Å². The quantitative estimate of drug-likeness (QED) is 0.516. The number of hydrogen-bond donors (Lipinski definition) is 0. The molecule has 3 nitrogen and oxygen atoms in total. The third-order valence-corrected chi connectivity index (χ3v) is 10.3. The molecule has 0 amide bonds. The minimum atomic E-state index is -2.74. The summed E-state index contributed by atoms with van der Waals surface area (Å²) in [5.41, 5.74) is -0.323. The van der Waals surface area contributed by atoms with Gasteiger partial charge in [-0.3, -0.25) is 9.59 Å². The van der Waals surface area contributed by atoms with Crippen LogP contribution in [0.5, 0.6) is 0 Å². The van der Waals surface area contributed by atoms with Crippen molar-refractivity contribution in [3.05, 3.63) is 0 Å². The van der Waals surface area contributed by atoms with E-state index in [1.807, 2.05) is 0 Å². The summed E-state index contributed by atoms with van der Waals surface area (Å²) in [7, 11) is 1.43. The first kappa shape index (κ1) is 22.2. The van der Waals surface area contributed by atoms with Gasteiger partial charge in [0.2, 0.25) is 0 Å². The molecule has 0 saturated heterocycles. The summed E-state index contributed by atoms with van der Waals surface area (Å²) in [5, 5.41) is 0. The Balaban J connectivity index is 1.56. The predicted molar refractivity (Wildman–Crippen MR) is 111 cm³/mol. The van der Waals surface area contributed by atoms with Crippen LogP contribution in [0.15, 0.2) is 0 Å². The fourth-order valence-electron chi connectivity index (χ4n) is 8.69. The second-order valence-electron chi connectivity index (χ2n) is 11.5. The summed E-state index contributed by atoms with van der Waals surface area (Å²) in [6, 6.07) is 0. The first-order valence-corrected chi connectivity index (χ1v) is 12.0. The molecular formula is C25H38F2O3. The van der Waals surface area contributed by atoms with Gasteiger partial charge in [-0.05, 0) is 78.9 Å². The number of fused-ring (bicyclic) bond motifs is 5. The van der Waals surface area contributed by atoms with Crippen LogP contribution in [0.3, 0.4) is 0 Å². The van der Waals surface area contributed by atoms with Gasteiger partial charge < -0.3 is 4.74 Å². The average molecular weight is 425 g/mol. The number of esters is 1. The number of rotatable bonds is 4. The molecule has 30 heavy (non-hydrogen) atoms. The van der Waals surface area contributed by atoms with Crippen LogP contribution < -0.4 is 0 Å². The molecule has 0 aromatic rings. The van der Waals surface area contributed by atoms with Crippen LogP contribution in [0.4, 0.5) is 8.78 Å². The monoisotopic (exact) mass is 424 g/mol. The molecule has 0 bridgehead atoms. The van der Waals surface area contributed by atoms with Crippen molar-refractivity contribution >= 4 is 11.8 Å². The number of hydrogen-bond acceptors (Lipinski definition) is 3. The Kier molecular flexibility index (Phi) is 5.59. The van der Waals surface area contributed by atoms with Crippen molar-refractivity contribution in [2.75, 3.05) is 7.11 Å². The molecule has 0 radical (unpaired) electrons. The van der Waals surface area contributed by atoms with Crippen LogP contribution in [0.2, 0.25) is 0 Å². The summed E-state index contributed by atoms with van der Waals surface area (Å²) in [6.45, 7) is 6.65. The molecule has 8 unspecified atom stereocenters. The van der Waals surface area contributed by atoms with E-state index in [1.54, 1.807) is 0 Å². The van der Waals surface area contributed by atoms with Crippen LogP contribution in [-0.4, -0.2) is 24.8 Å². The van der Waals surface area contributed by atoms with Gasteiger partial charge in [-0.1, -0.05) is 20.8 Å². The number of ketones is 1. The van der Waals surface area contributed by atoms with E-state index in [1.165, 1.54) is 7.11 Å². The van der Waals surface area contributed by atoms with E-state index in [4.69, 9.17) is 4.74 Å². The van der Waals surface area contributed by atoms with Crippen LogP contribution >= 0.6 is 0 Å². The van der Waals surface area contributed by atoms with Gasteiger partial charge in [0.15, 0.2) is 0 Å². The van der Waals surface area contributed by atoms with Crippen molar-refractivity contribution in [2.45, 2.75) is 90.9 Å². The highest BCUT2D eigenvalue weighted by atomic mass is 19.3. The van der Waals surface area contributed by atoms with Crippen LogP contribution in [0.25, 0.3) is 0 Å². The fourth-order valence-corrected chi connectivity index (χ4v) is 8.69. The number of carbonyl (C=O) groups is 2. The van der Waals surface area contributed by atoms with Gasteiger partial charge in [0.25, 0.3) is 5.92 Å². The van der Waals surface area contributed by atoms with Gasteiger partial charge in [0.05, 0.1) is 7.11 Å². The molecule has 0 spiro atoms. The normalized spacial score (nSPS) is 45.8. The highest BCUT2D eigenvalue weighted by Gasteiger charge is 2.67. The Hall–Kier alpha value is -1.00. The van der Waals surface area contributed by atoms with E-state index in [2.05, 4.69) is 20.8 Å². The predicted octanol–water partition coefficient (Wildman–Crippen LogP) is 6.05. The second-order valence-corrected chi connectivity index (χ2v) is 11.5. The lowest BCUT2D eigenvalue weighted by atomic mass is 9.43. The highest BCUT2D eigenvalue weighted by Crippen LogP contribution is 2.70.